The molecule has 2 atom stereocenters. The minimum Gasteiger partial charge on any atom is -0.465 e. The molecule has 0 aliphatic carbocycles. The van der Waals surface area contributed by atoms with Crippen LogP contribution >= 0.6 is 0 Å². The SMILES string of the molecule is CC(=O)OCC(COC(C)=O)(COC(=O)C(C)C(C)(C)C)COC(=O)C(C)[N+](C)(C)C. The van der Waals surface area contributed by atoms with Gasteiger partial charge >= 0.3 is 23.9 Å². The average molecular weight is 447 g/mol. The van der Waals surface area contributed by atoms with Gasteiger partial charge < -0.3 is 23.4 Å². The van der Waals surface area contributed by atoms with Crippen LogP contribution in [0.2, 0.25) is 0 Å². The van der Waals surface area contributed by atoms with Gasteiger partial charge in [0.05, 0.1) is 27.1 Å². The van der Waals surface area contributed by atoms with Gasteiger partial charge in [-0.1, -0.05) is 27.7 Å². The maximum Gasteiger partial charge on any atom is 0.364 e. The van der Waals surface area contributed by atoms with Crippen LogP contribution in [0.3, 0.4) is 0 Å². The van der Waals surface area contributed by atoms with Crippen LogP contribution in [0.15, 0.2) is 0 Å². The standard InChI is InChI=1S/C22H40NO8/c1-15(21(5,6)7)19(26)30-13-22(11-28-17(3)24,12-29-18(4)25)14-31-20(27)16(2)23(8,9)10/h15-16H,11-14H2,1-10H3/q+1. The Kier molecular flexibility index (Phi) is 10.7. The first-order chi connectivity index (χ1) is 13.9. The highest BCUT2D eigenvalue weighted by Crippen LogP contribution is 2.28. The minimum absolute atomic E-state index is 0.251. The second-order valence-corrected chi connectivity index (χ2v) is 10.2. The second kappa shape index (κ2) is 11.5. The molecule has 2 unspecified atom stereocenters. The Labute approximate surface area is 185 Å². The van der Waals surface area contributed by atoms with Gasteiger partial charge in [-0.25, -0.2) is 4.79 Å². The van der Waals surface area contributed by atoms with Crippen LogP contribution in [-0.4, -0.2) is 82.0 Å². The van der Waals surface area contributed by atoms with Crippen molar-refractivity contribution in [2.45, 2.75) is 54.5 Å². The third-order valence-corrected chi connectivity index (χ3v) is 5.36. The lowest BCUT2D eigenvalue weighted by molar-refractivity contribution is -0.885. The molecule has 0 N–H and O–H groups in total. The molecule has 0 fully saturated rings. The van der Waals surface area contributed by atoms with Gasteiger partial charge in [0.1, 0.15) is 31.8 Å². The molecular formula is C22H40NO8+. The smallest absolute Gasteiger partial charge is 0.364 e. The molecule has 0 amide bonds. The lowest BCUT2D eigenvalue weighted by Gasteiger charge is -2.34. The number of hydrogen-bond donors (Lipinski definition) is 0. The van der Waals surface area contributed by atoms with E-state index in [0.717, 1.165) is 0 Å². The Balaban J connectivity index is 5.64. The predicted octanol–water partition coefficient (Wildman–Crippen LogP) is 1.96. The molecule has 0 bridgehead atoms. The highest BCUT2D eigenvalue weighted by Gasteiger charge is 2.40. The van der Waals surface area contributed by atoms with E-state index in [2.05, 4.69) is 0 Å². The van der Waals surface area contributed by atoms with Crippen molar-refractivity contribution in [1.29, 1.82) is 0 Å². The van der Waals surface area contributed by atoms with E-state index < -0.39 is 41.3 Å². The number of carbonyl (C=O) groups is 4. The van der Waals surface area contributed by atoms with E-state index in [-0.39, 0.29) is 31.8 Å². The van der Waals surface area contributed by atoms with Crippen molar-refractivity contribution in [1.82, 2.24) is 0 Å². The van der Waals surface area contributed by atoms with E-state index in [1.165, 1.54) is 13.8 Å². The summed E-state index contributed by atoms with van der Waals surface area (Å²) in [5, 5.41) is 0. The van der Waals surface area contributed by atoms with Gasteiger partial charge in [0.2, 0.25) is 0 Å². The quantitative estimate of drug-likeness (QED) is 0.269. The van der Waals surface area contributed by atoms with Crippen molar-refractivity contribution >= 4 is 23.9 Å². The second-order valence-electron chi connectivity index (χ2n) is 10.2. The molecule has 0 aromatic carbocycles. The molecule has 9 nitrogen and oxygen atoms in total. The van der Waals surface area contributed by atoms with Crippen LogP contribution in [0.5, 0.6) is 0 Å². The Morgan fingerprint density at radius 1 is 0.710 bits per heavy atom. The third-order valence-electron chi connectivity index (χ3n) is 5.36. The molecule has 0 rings (SSSR count). The summed E-state index contributed by atoms with van der Waals surface area (Å²) in [5.74, 6) is -2.46. The molecule has 0 aromatic rings. The van der Waals surface area contributed by atoms with Gasteiger partial charge in [0.15, 0.2) is 6.04 Å². The zero-order chi connectivity index (χ0) is 24.6. The van der Waals surface area contributed by atoms with Gasteiger partial charge in [-0.05, 0) is 12.3 Å². The normalized spacial score (nSPS) is 14.3. The average Bonchev–Trinajstić information content (AvgIpc) is 2.63. The molecule has 9 heteroatoms. The monoisotopic (exact) mass is 446 g/mol. The van der Waals surface area contributed by atoms with Crippen molar-refractivity contribution in [3.05, 3.63) is 0 Å². The summed E-state index contributed by atoms with van der Waals surface area (Å²) in [6.07, 6.45) is 0. The Bertz CT molecular complexity index is 589. The number of nitrogens with zero attached hydrogens (tertiary/aromatic N) is 1. The summed E-state index contributed by atoms with van der Waals surface area (Å²) in [6, 6.07) is -0.469. The Morgan fingerprint density at radius 2 is 1.06 bits per heavy atom. The topological polar surface area (TPSA) is 105 Å². The molecule has 31 heavy (non-hydrogen) atoms. The molecule has 0 aliphatic heterocycles. The van der Waals surface area contributed by atoms with Gasteiger partial charge in [-0.3, -0.25) is 14.4 Å². The van der Waals surface area contributed by atoms with Crippen molar-refractivity contribution in [2.24, 2.45) is 16.7 Å². The zero-order valence-electron chi connectivity index (χ0n) is 20.7. The lowest BCUT2D eigenvalue weighted by atomic mass is 9.82. The summed E-state index contributed by atoms with van der Waals surface area (Å²) in [4.78, 5) is 47.9. The number of quaternary nitrogens is 1. The predicted molar refractivity (Wildman–Crippen MR) is 114 cm³/mol. The highest BCUT2D eigenvalue weighted by atomic mass is 16.6. The van der Waals surface area contributed by atoms with Crippen LogP contribution in [0.1, 0.15) is 48.5 Å². The van der Waals surface area contributed by atoms with Crippen LogP contribution in [0.25, 0.3) is 0 Å². The molecule has 0 spiro atoms. The van der Waals surface area contributed by atoms with Crippen LogP contribution in [-0.2, 0) is 38.1 Å². The molecule has 0 radical (unpaired) electrons. The van der Waals surface area contributed by atoms with E-state index in [4.69, 9.17) is 18.9 Å². The fourth-order valence-corrected chi connectivity index (χ4v) is 2.12. The van der Waals surface area contributed by atoms with Gasteiger partial charge in [0, 0.05) is 13.8 Å². The summed E-state index contributed by atoms with van der Waals surface area (Å²) < 4.78 is 21.6. The van der Waals surface area contributed by atoms with Gasteiger partial charge in [0.25, 0.3) is 0 Å². The summed E-state index contributed by atoms with van der Waals surface area (Å²) in [6.45, 7) is 10.7. The number of carbonyl (C=O) groups excluding carboxylic acids is 4. The molecular weight excluding hydrogens is 406 g/mol. The largest absolute Gasteiger partial charge is 0.465 e. The van der Waals surface area contributed by atoms with Crippen molar-refractivity contribution < 1.29 is 42.6 Å². The third kappa shape index (κ3) is 10.6. The van der Waals surface area contributed by atoms with Crippen LogP contribution < -0.4 is 0 Å². The molecule has 0 aromatic heterocycles. The van der Waals surface area contributed by atoms with Gasteiger partial charge in [-0.2, -0.15) is 0 Å². The maximum absolute atomic E-state index is 12.5. The Morgan fingerprint density at radius 3 is 1.39 bits per heavy atom. The molecule has 180 valence electrons. The fourth-order valence-electron chi connectivity index (χ4n) is 2.12. The number of likely N-dealkylation sites (N-methyl/N-ethyl adjacent to an activating group) is 1. The van der Waals surface area contributed by atoms with Crippen molar-refractivity contribution in [3.8, 4) is 0 Å². The first kappa shape index (κ1) is 28.8. The summed E-state index contributed by atoms with van der Waals surface area (Å²) >= 11 is 0. The first-order valence-corrected chi connectivity index (χ1v) is 10.3. The Hall–Kier alpha value is -2.16. The molecule has 0 aliphatic rings. The van der Waals surface area contributed by atoms with E-state index >= 15 is 0 Å². The fraction of sp³-hybridized carbons (Fsp3) is 0.818. The maximum atomic E-state index is 12.5. The van der Waals surface area contributed by atoms with E-state index in [1.54, 1.807) is 13.8 Å². The summed E-state index contributed by atoms with van der Waals surface area (Å²) in [7, 11) is 5.56. The number of rotatable bonds is 11. The van der Waals surface area contributed by atoms with E-state index in [0.29, 0.717) is 4.48 Å². The zero-order valence-corrected chi connectivity index (χ0v) is 20.7. The van der Waals surface area contributed by atoms with Crippen molar-refractivity contribution in [3.63, 3.8) is 0 Å². The van der Waals surface area contributed by atoms with Gasteiger partial charge in [-0.15, -0.1) is 0 Å². The molecule has 0 saturated heterocycles. The number of ether oxygens (including phenoxy) is 4. The number of esters is 4. The van der Waals surface area contributed by atoms with Crippen molar-refractivity contribution in [2.75, 3.05) is 47.6 Å². The number of hydrogen-bond acceptors (Lipinski definition) is 8. The minimum atomic E-state index is -1.23. The highest BCUT2D eigenvalue weighted by molar-refractivity contribution is 5.74. The van der Waals surface area contributed by atoms with E-state index in [9.17, 15) is 19.2 Å². The first-order valence-electron chi connectivity index (χ1n) is 10.3. The molecule has 0 heterocycles. The van der Waals surface area contributed by atoms with E-state index in [1.807, 2.05) is 41.9 Å². The lowest BCUT2D eigenvalue weighted by Crippen LogP contribution is -2.50. The van der Waals surface area contributed by atoms with Crippen LogP contribution in [0.4, 0.5) is 0 Å². The van der Waals surface area contributed by atoms with Crippen LogP contribution in [0, 0.1) is 16.7 Å². The summed E-state index contributed by atoms with van der Waals surface area (Å²) in [5.41, 5.74) is -1.55. The molecule has 0 saturated carbocycles.